The first kappa shape index (κ1) is 21.6. The Kier molecular flexibility index (Phi) is 5.66. The van der Waals surface area contributed by atoms with Crippen molar-refractivity contribution in [1.29, 1.82) is 0 Å². The first-order valence-electron chi connectivity index (χ1n) is 10.9. The molecule has 2 atom stereocenters. The van der Waals surface area contributed by atoms with Gasteiger partial charge in [-0.05, 0) is 50.1 Å². The summed E-state index contributed by atoms with van der Waals surface area (Å²) in [4.78, 5) is 26.2. The van der Waals surface area contributed by atoms with Crippen molar-refractivity contribution >= 4 is 28.9 Å². The van der Waals surface area contributed by atoms with Gasteiger partial charge in [-0.25, -0.2) is 14.2 Å². The van der Waals surface area contributed by atoms with Crippen LogP contribution in [-0.4, -0.2) is 54.4 Å². The van der Waals surface area contributed by atoms with E-state index in [0.29, 0.717) is 17.3 Å². The van der Waals surface area contributed by atoms with Crippen LogP contribution in [0.4, 0.5) is 26.5 Å². The molecule has 34 heavy (non-hydrogen) atoms. The van der Waals surface area contributed by atoms with Crippen LogP contribution in [0.3, 0.4) is 0 Å². The van der Waals surface area contributed by atoms with Crippen molar-refractivity contribution in [2.24, 2.45) is 0 Å². The highest BCUT2D eigenvalue weighted by Crippen LogP contribution is 2.32. The maximum absolute atomic E-state index is 14.3. The van der Waals surface area contributed by atoms with Crippen molar-refractivity contribution in [3.63, 3.8) is 0 Å². The molecule has 0 unspecified atom stereocenters. The van der Waals surface area contributed by atoms with Gasteiger partial charge in [-0.1, -0.05) is 0 Å². The fourth-order valence-corrected chi connectivity index (χ4v) is 4.36. The summed E-state index contributed by atoms with van der Waals surface area (Å²) in [6.07, 6.45) is 7.18. The standard InChI is InChI=1S/C23H23FN8O2/c1-14-17(29-23(33)34)5-3-11-31(14)20-8-10-25-13-19(20)28-22-27-12-15-6-7-18(30-32(15)22)21-16(24)4-2-9-26-21/h2,4,6-10,12-14,17,29H,3,5,11H2,1H3,(H,27,28)(H,33,34)/t14-,17+/m1/s1. The van der Waals surface area contributed by atoms with Crippen molar-refractivity contribution in [1.82, 2.24) is 29.9 Å². The number of carboxylic acid groups (broad SMARTS) is 1. The Hall–Kier alpha value is -4.28. The van der Waals surface area contributed by atoms with Crippen LogP contribution in [0.15, 0.2) is 55.1 Å². The number of nitrogens with zero attached hydrogens (tertiary/aromatic N) is 6. The van der Waals surface area contributed by atoms with Crippen molar-refractivity contribution in [3.8, 4) is 11.4 Å². The zero-order valence-electron chi connectivity index (χ0n) is 18.4. The smallest absolute Gasteiger partial charge is 0.404 e. The predicted octanol–water partition coefficient (Wildman–Crippen LogP) is 3.69. The minimum atomic E-state index is -1.03. The number of aromatic nitrogens is 5. The second-order valence-electron chi connectivity index (χ2n) is 8.12. The third-order valence-electron chi connectivity index (χ3n) is 6.04. The highest BCUT2D eigenvalue weighted by atomic mass is 19.1. The van der Waals surface area contributed by atoms with E-state index in [1.807, 2.05) is 13.0 Å². The molecular weight excluding hydrogens is 439 g/mol. The van der Waals surface area contributed by atoms with Crippen molar-refractivity contribution < 1.29 is 14.3 Å². The van der Waals surface area contributed by atoms with Gasteiger partial charge in [0, 0.05) is 25.0 Å². The summed E-state index contributed by atoms with van der Waals surface area (Å²) in [5.41, 5.74) is 2.85. The Morgan fingerprint density at radius 2 is 2.06 bits per heavy atom. The fraction of sp³-hybridized carbons (Fsp3) is 0.261. The largest absolute Gasteiger partial charge is 0.465 e. The highest BCUT2D eigenvalue weighted by Gasteiger charge is 2.30. The molecule has 11 heteroatoms. The Morgan fingerprint density at radius 1 is 1.18 bits per heavy atom. The average Bonchev–Trinajstić information content (AvgIpc) is 3.23. The van der Waals surface area contributed by atoms with Gasteiger partial charge in [-0.2, -0.15) is 9.61 Å². The summed E-state index contributed by atoms with van der Waals surface area (Å²) in [7, 11) is 0. The monoisotopic (exact) mass is 462 g/mol. The first-order valence-corrected chi connectivity index (χ1v) is 10.9. The quantitative estimate of drug-likeness (QED) is 0.411. The average molecular weight is 462 g/mol. The Labute approximate surface area is 194 Å². The third kappa shape index (κ3) is 4.07. The summed E-state index contributed by atoms with van der Waals surface area (Å²) in [5, 5.41) is 19.7. The number of amides is 1. The van der Waals surface area contributed by atoms with E-state index in [1.165, 1.54) is 18.3 Å². The molecule has 10 nitrogen and oxygen atoms in total. The lowest BCUT2D eigenvalue weighted by Crippen LogP contribution is -2.54. The third-order valence-corrected chi connectivity index (χ3v) is 6.04. The number of imidazole rings is 1. The van der Waals surface area contributed by atoms with Crippen molar-refractivity contribution in [3.05, 3.63) is 60.9 Å². The molecule has 1 aliphatic heterocycles. The van der Waals surface area contributed by atoms with Gasteiger partial charge in [0.2, 0.25) is 5.95 Å². The Bertz CT molecular complexity index is 1340. The fourth-order valence-electron chi connectivity index (χ4n) is 4.36. The second kappa shape index (κ2) is 8.93. The Morgan fingerprint density at radius 3 is 2.88 bits per heavy atom. The van der Waals surface area contributed by atoms with E-state index in [-0.39, 0.29) is 17.8 Å². The van der Waals surface area contributed by atoms with Crippen LogP contribution < -0.4 is 15.5 Å². The van der Waals surface area contributed by atoms with Crippen LogP contribution in [0.5, 0.6) is 0 Å². The molecule has 1 amide bonds. The summed E-state index contributed by atoms with van der Waals surface area (Å²) >= 11 is 0. The predicted molar refractivity (Wildman–Crippen MR) is 125 cm³/mol. The lowest BCUT2D eigenvalue weighted by molar-refractivity contribution is 0.184. The molecular formula is C23H23FN8O2. The number of anilines is 3. The van der Waals surface area contributed by atoms with E-state index in [4.69, 9.17) is 0 Å². The number of carbonyl (C=O) groups is 1. The van der Waals surface area contributed by atoms with E-state index < -0.39 is 11.9 Å². The molecule has 4 aromatic heterocycles. The lowest BCUT2D eigenvalue weighted by Gasteiger charge is -2.41. The van der Waals surface area contributed by atoms with E-state index >= 15 is 0 Å². The second-order valence-corrected chi connectivity index (χ2v) is 8.12. The molecule has 0 radical (unpaired) electrons. The molecule has 0 bridgehead atoms. The summed E-state index contributed by atoms with van der Waals surface area (Å²) in [5.74, 6) is -0.0190. The van der Waals surface area contributed by atoms with Crippen molar-refractivity contribution in [2.45, 2.75) is 31.8 Å². The van der Waals surface area contributed by atoms with Crippen LogP contribution in [0, 0.1) is 5.82 Å². The highest BCUT2D eigenvalue weighted by molar-refractivity contribution is 5.74. The number of rotatable bonds is 5. The van der Waals surface area contributed by atoms with Gasteiger partial charge in [-0.3, -0.25) is 9.97 Å². The molecule has 4 aromatic rings. The maximum Gasteiger partial charge on any atom is 0.404 e. The number of hydrogen-bond donors (Lipinski definition) is 3. The first-order chi connectivity index (χ1) is 16.5. The summed E-state index contributed by atoms with van der Waals surface area (Å²) in [6.45, 7) is 2.78. The number of piperidine rings is 1. The van der Waals surface area contributed by atoms with Gasteiger partial charge >= 0.3 is 6.09 Å². The molecule has 1 fully saturated rings. The zero-order valence-corrected chi connectivity index (χ0v) is 18.4. The Balaban J connectivity index is 1.48. The van der Waals surface area contributed by atoms with Gasteiger partial charge in [-0.15, -0.1) is 0 Å². The number of halogens is 1. The van der Waals surface area contributed by atoms with Crippen LogP contribution in [0.2, 0.25) is 0 Å². The molecule has 3 N–H and O–H groups in total. The van der Waals surface area contributed by atoms with Gasteiger partial charge in [0.05, 0.1) is 35.3 Å². The summed E-state index contributed by atoms with van der Waals surface area (Å²) in [6, 6.07) is 8.03. The van der Waals surface area contributed by atoms with Gasteiger partial charge in [0.25, 0.3) is 0 Å². The molecule has 0 spiro atoms. The minimum Gasteiger partial charge on any atom is -0.465 e. The van der Waals surface area contributed by atoms with E-state index in [1.54, 1.807) is 35.2 Å². The minimum absolute atomic E-state index is 0.0540. The lowest BCUT2D eigenvalue weighted by atomic mass is 9.96. The molecule has 0 aliphatic carbocycles. The summed E-state index contributed by atoms with van der Waals surface area (Å²) < 4.78 is 15.8. The molecule has 0 aromatic carbocycles. The SMILES string of the molecule is C[C@@H]1[C@@H](NC(=O)O)CCCN1c1ccncc1Nc1ncc2ccc(-c3ncccc3F)nn12. The number of fused-ring (bicyclic) bond motifs is 1. The van der Waals surface area contributed by atoms with E-state index in [2.05, 4.69) is 35.6 Å². The molecule has 5 rings (SSSR count). The molecule has 174 valence electrons. The maximum atomic E-state index is 14.3. The van der Waals surface area contributed by atoms with Gasteiger partial charge < -0.3 is 20.6 Å². The van der Waals surface area contributed by atoms with E-state index in [9.17, 15) is 14.3 Å². The van der Waals surface area contributed by atoms with Crippen molar-refractivity contribution in [2.75, 3.05) is 16.8 Å². The zero-order chi connectivity index (χ0) is 23.7. The molecule has 1 aliphatic rings. The molecule has 5 heterocycles. The number of nitrogens with one attached hydrogen (secondary N) is 2. The van der Waals surface area contributed by atoms with E-state index in [0.717, 1.165) is 30.6 Å². The number of pyridine rings is 2. The number of hydrogen-bond acceptors (Lipinski definition) is 7. The van der Waals surface area contributed by atoms with Crippen LogP contribution in [0.1, 0.15) is 19.8 Å². The topological polar surface area (TPSA) is 121 Å². The molecule has 0 saturated carbocycles. The van der Waals surface area contributed by atoms with Crippen LogP contribution in [-0.2, 0) is 0 Å². The van der Waals surface area contributed by atoms with Crippen LogP contribution in [0.25, 0.3) is 16.9 Å². The van der Waals surface area contributed by atoms with Gasteiger partial charge in [0.15, 0.2) is 5.82 Å². The van der Waals surface area contributed by atoms with Crippen LogP contribution >= 0.6 is 0 Å². The normalized spacial score (nSPS) is 18.1. The van der Waals surface area contributed by atoms with Gasteiger partial charge in [0.1, 0.15) is 11.4 Å². The molecule has 1 saturated heterocycles.